The second-order valence-corrected chi connectivity index (χ2v) is 4.47. The van der Waals surface area contributed by atoms with Gasteiger partial charge in [0, 0.05) is 5.02 Å². The van der Waals surface area contributed by atoms with E-state index in [0.717, 1.165) is 0 Å². The molecule has 0 saturated carbocycles. The van der Waals surface area contributed by atoms with Crippen LogP contribution in [0.5, 0.6) is 0 Å². The zero-order valence-corrected chi connectivity index (χ0v) is 10.3. The van der Waals surface area contributed by atoms with Crippen molar-refractivity contribution in [2.24, 2.45) is 0 Å². The van der Waals surface area contributed by atoms with E-state index in [2.05, 4.69) is 20.7 Å². The van der Waals surface area contributed by atoms with Crippen LogP contribution in [-0.4, -0.2) is 17.9 Å². The van der Waals surface area contributed by atoms with Gasteiger partial charge in [-0.2, -0.15) is 0 Å². The third-order valence-electron chi connectivity index (χ3n) is 1.86. The largest absolute Gasteiger partial charge is 0.468 e. The summed E-state index contributed by atoms with van der Waals surface area (Å²) in [6, 6.07) is 4.23. The molecule has 1 rings (SSSR count). The highest BCUT2D eigenvalue weighted by Crippen LogP contribution is 2.19. The molecule has 0 heterocycles. The van der Waals surface area contributed by atoms with Crippen LogP contribution in [0.15, 0.2) is 18.2 Å². The molecule has 15 heavy (non-hydrogen) atoms. The number of rotatable bonds is 3. The monoisotopic (exact) mass is 294 g/mol. The highest BCUT2D eigenvalue weighted by atomic mass is 79.9. The molecule has 0 N–H and O–H groups in total. The Morgan fingerprint density at radius 3 is 2.93 bits per heavy atom. The molecule has 0 aliphatic rings. The van der Waals surface area contributed by atoms with Crippen LogP contribution < -0.4 is 0 Å². The summed E-state index contributed by atoms with van der Waals surface area (Å²) in [6.07, 6.45) is 0.207. The third kappa shape index (κ3) is 3.47. The minimum Gasteiger partial charge on any atom is -0.468 e. The zero-order valence-electron chi connectivity index (χ0n) is 7.97. The molecule has 82 valence electrons. The fourth-order valence-electron chi connectivity index (χ4n) is 1.10. The molecule has 2 nitrogen and oxygen atoms in total. The van der Waals surface area contributed by atoms with E-state index in [1.54, 1.807) is 0 Å². The highest BCUT2D eigenvalue weighted by Gasteiger charge is 2.17. The van der Waals surface area contributed by atoms with Crippen molar-refractivity contribution < 1.29 is 13.9 Å². The Morgan fingerprint density at radius 1 is 1.67 bits per heavy atom. The van der Waals surface area contributed by atoms with Gasteiger partial charge in [-0.25, -0.2) is 4.39 Å². The lowest BCUT2D eigenvalue weighted by Crippen LogP contribution is -2.18. The smallest absolute Gasteiger partial charge is 0.319 e. The van der Waals surface area contributed by atoms with E-state index in [0.29, 0.717) is 10.6 Å². The first-order valence-corrected chi connectivity index (χ1v) is 5.49. The molecule has 0 bridgehead atoms. The molecule has 0 spiro atoms. The number of hydrogen-bond donors (Lipinski definition) is 0. The Hall–Kier alpha value is -0.610. The van der Waals surface area contributed by atoms with Crippen LogP contribution in [-0.2, 0) is 16.0 Å². The minimum atomic E-state index is -0.560. The first kappa shape index (κ1) is 12.5. The van der Waals surface area contributed by atoms with Gasteiger partial charge in [-0.15, -0.1) is 0 Å². The van der Waals surface area contributed by atoms with Crippen LogP contribution in [0.1, 0.15) is 5.56 Å². The van der Waals surface area contributed by atoms with Gasteiger partial charge in [-0.3, -0.25) is 4.79 Å². The average Bonchev–Trinajstić information content (AvgIpc) is 2.22. The molecule has 5 heteroatoms. The van der Waals surface area contributed by atoms with E-state index in [9.17, 15) is 9.18 Å². The van der Waals surface area contributed by atoms with Gasteiger partial charge in [0.2, 0.25) is 0 Å². The summed E-state index contributed by atoms with van der Waals surface area (Å²) in [7, 11) is 1.28. The van der Waals surface area contributed by atoms with Gasteiger partial charge in [0.15, 0.2) is 0 Å². The number of halogens is 3. The molecule has 0 fully saturated rings. The lowest BCUT2D eigenvalue weighted by Gasteiger charge is -2.08. The second kappa shape index (κ2) is 5.47. The number of ether oxygens (including phenoxy) is 1. The van der Waals surface area contributed by atoms with Gasteiger partial charge >= 0.3 is 5.97 Å². The van der Waals surface area contributed by atoms with Crippen molar-refractivity contribution in [3.05, 3.63) is 34.6 Å². The van der Waals surface area contributed by atoms with Crippen molar-refractivity contribution in [3.8, 4) is 0 Å². The zero-order chi connectivity index (χ0) is 11.4. The molecule has 1 atom stereocenters. The lowest BCUT2D eigenvalue weighted by molar-refractivity contribution is -0.139. The quantitative estimate of drug-likeness (QED) is 0.633. The standard InChI is InChI=1S/C10H9BrClFO2/c1-15-10(14)8(11)5-6-4-7(12)2-3-9(6)13/h2-4,8H,5H2,1H3. The van der Waals surface area contributed by atoms with E-state index in [1.165, 1.54) is 25.3 Å². The van der Waals surface area contributed by atoms with Crippen LogP contribution in [0, 0.1) is 5.82 Å². The molecule has 0 aromatic heterocycles. The van der Waals surface area contributed by atoms with Gasteiger partial charge in [0.05, 0.1) is 7.11 Å². The Balaban J connectivity index is 2.80. The Kier molecular flexibility index (Phi) is 4.54. The fourth-order valence-corrected chi connectivity index (χ4v) is 1.83. The van der Waals surface area contributed by atoms with E-state index in [-0.39, 0.29) is 12.2 Å². The second-order valence-electron chi connectivity index (χ2n) is 2.93. The van der Waals surface area contributed by atoms with Crippen molar-refractivity contribution >= 4 is 33.5 Å². The van der Waals surface area contributed by atoms with Gasteiger partial charge in [0.25, 0.3) is 0 Å². The maximum absolute atomic E-state index is 13.3. The summed E-state index contributed by atoms with van der Waals surface area (Å²) in [5, 5.41) is 0.441. The first-order valence-electron chi connectivity index (χ1n) is 4.20. The van der Waals surface area contributed by atoms with Crippen LogP contribution in [0.4, 0.5) is 4.39 Å². The topological polar surface area (TPSA) is 26.3 Å². The number of hydrogen-bond acceptors (Lipinski definition) is 2. The molecule has 1 aromatic rings. The average molecular weight is 296 g/mol. The van der Waals surface area contributed by atoms with E-state index >= 15 is 0 Å². The Labute approximate surface area is 101 Å². The third-order valence-corrected chi connectivity index (χ3v) is 2.80. The van der Waals surface area contributed by atoms with Crippen molar-refractivity contribution in [1.29, 1.82) is 0 Å². The Bertz CT molecular complexity index is 370. The molecule has 1 aromatic carbocycles. The van der Waals surface area contributed by atoms with Gasteiger partial charge in [0.1, 0.15) is 10.6 Å². The molecule has 1 unspecified atom stereocenters. The predicted octanol–water partition coefficient (Wildman–Crippen LogP) is 2.96. The van der Waals surface area contributed by atoms with Crippen LogP contribution >= 0.6 is 27.5 Å². The van der Waals surface area contributed by atoms with Crippen molar-refractivity contribution in [2.75, 3.05) is 7.11 Å². The maximum atomic E-state index is 13.3. The van der Waals surface area contributed by atoms with E-state index < -0.39 is 10.8 Å². The number of carbonyl (C=O) groups excluding carboxylic acids is 1. The number of methoxy groups -OCH3 is 1. The van der Waals surface area contributed by atoms with Gasteiger partial charge in [-0.1, -0.05) is 27.5 Å². The summed E-state index contributed by atoms with van der Waals surface area (Å²) in [5.74, 6) is -0.817. The summed E-state index contributed by atoms with van der Waals surface area (Å²) in [6.45, 7) is 0. The molecule has 0 aliphatic carbocycles. The van der Waals surface area contributed by atoms with E-state index in [4.69, 9.17) is 11.6 Å². The fraction of sp³-hybridized carbons (Fsp3) is 0.300. The van der Waals surface area contributed by atoms with Crippen LogP contribution in [0.3, 0.4) is 0 Å². The van der Waals surface area contributed by atoms with Crippen molar-refractivity contribution in [1.82, 2.24) is 0 Å². The number of alkyl halides is 1. The van der Waals surface area contributed by atoms with E-state index in [1.807, 2.05) is 0 Å². The van der Waals surface area contributed by atoms with Crippen LogP contribution in [0.25, 0.3) is 0 Å². The van der Waals surface area contributed by atoms with Crippen molar-refractivity contribution in [2.45, 2.75) is 11.2 Å². The summed E-state index contributed by atoms with van der Waals surface area (Å²) >= 11 is 8.83. The molecule has 0 radical (unpaired) electrons. The maximum Gasteiger partial charge on any atom is 0.319 e. The summed E-state index contributed by atoms with van der Waals surface area (Å²) < 4.78 is 17.8. The normalized spacial score (nSPS) is 12.3. The van der Waals surface area contributed by atoms with Gasteiger partial charge in [-0.05, 0) is 30.2 Å². The molecular weight excluding hydrogens is 286 g/mol. The highest BCUT2D eigenvalue weighted by molar-refractivity contribution is 9.10. The lowest BCUT2D eigenvalue weighted by atomic mass is 10.1. The number of carbonyl (C=O) groups is 1. The number of benzene rings is 1. The predicted molar refractivity (Wildman–Crippen MR) is 59.8 cm³/mol. The van der Waals surface area contributed by atoms with Crippen LogP contribution in [0.2, 0.25) is 5.02 Å². The van der Waals surface area contributed by atoms with Crippen molar-refractivity contribution in [3.63, 3.8) is 0 Å². The molecular formula is C10H9BrClFO2. The SMILES string of the molecule is COC(=O)C(Br)Cc1cc(Cl)ccc1F. The minimum absolute atomic E-state index is 0.207. The molecule has 0 amide bonds. The Morgan fingerprint density at radius 2 is 2.33 bits per heavy atom. The number of esters is 1. The molecule has 0 saturated heterocycles. The van der Waals surface area contributed by atoms with Gasteiger partial charge < -0.3 is 4.74 Å². The molecule has 0 aliphatic heterocycles. The summed E-state index contributed by atoms with van der Waals surface area (Å²) in [5.41, 5.74) is 0.384. The summed E-state index contributed by atoms with van der Waals surface area (Å²) in [4.78, 5) is 10.5. The first-order chi connectivity index (χ1) is 7.04.